The summed E-state index contributed by atoms with van der Waals surface area (Å²) < 4.78 is 24.1. The normalized spacial score (nSPS) is 13.4. The quantitative estimate of drug-likeness (QED) is 0.747. The summed E-state index contributed by atoms with van der Waals surface area (Å²) in [5.41, 5.74) is 1.99. The average Bonchev–Trinajstić information content (AvgIpc) is 2.77. The molecule has 1 atom stereocenters. The van der Waals surface area contributed by atoms with E-state index < -0.39 is 12.5 Å². The molecule has 1 heterocycles. The first kappa shape index (κ1) is 12.0. The highest BCUT2D eigenvalue weighted by Crippen LogP contribution is 2.16. The number of rotatable bonds is 5. The fraction of sp³-hybridized carbons (Fsp3) is 0.333. The molecular formula is C12H14F2N2O. The van der Waals surface area contributed by atoms with E-state index in [4.69, 9.17) is 5.11 Å². The molecule has 0 aliphatic rings. The number of aliphatic hydroxyl groups excluding tert-OH is 1. The monoisotopic (exact) mass is 240 g/mol. The molecule has 0 aliphatic carbocycles. The Hall–Kier alpha value is -1.46. The van der Waals surface area contributed by atoms with E-state index in [2.05, 4.69) is 10.3 Å². The lowest BCUT2D eigenvalue weighted by Gasteiger charge is -2.11. The maximum atomic E-state index is 12.1. The number of benzene rings is 1. The Balaban J connectivity index is 1.97. The molecule has 0 aliphatic heterocycles. The summed E-state index contributed by atoms with van der Waals surface area (Å²) in [6.45, 7) is 0.330. The van der Waals surface area contributed by atoms with Gasteiger partial charge >= 0.3 is 0 Å². The summed E-state index contributed by atoms with van der Waals surface area (Å²) in [5.74, 6) is 0. The van der Waals surface area contributed by atoms with Crippen molar-refractivity contribution in [1.82, 2.24) is 10.3 Å². The van der Waals surface area contributed by atoms with Gasteiger partial charge in [0.2, 0.25) is 0 Å². The van der Waals surface area contributed by atoms with Crippen LogP contribution in [0.1, 0.15) is 5.56 Å². The van der Waals surface area contributed by atoms with Crippen LogP contribution in [0.4, 0.5) is 8.78 Å². The fourth-order valence-corrected chi connectivity index (χ4v) is 1.74. The van der Waals surface area contributed by atoms with Crippen molar-refractivity contribution >= 4 is 10.9 Å². The summed E-state index contributed by atoms with van der Waals surface area (Å²) in [6.07, 6.45) is -2.48. The van der Waals surface area contributed by atoms with Crippen LogP contribution in [0.2, 0.25) is 0 Å². The second kappa shape index (κ2) is 5.25. The highest BCUT2D eigenvalue weighted by atomic mass is 19.3. The molecule has 0 amide bonds. The fourth-order valence-electron chi connectivity index (χ4n) is 1.74. The highest BCUT2D eigenvalue weighted by Gasteiger charge is 2.15. The Labute approximate surface area is 97.5 Å². The van der Waals surface area contributed by atoms with E-state index in [0.717, 1.165) is 16.5 Å². The van der Waals surface area contributed by atoms with Crippen molar-refractivity contribution in [3.8, 4) is 0 Å². The number of fused-ring (bicyclic) bond motifs is 1. The van der Waals surface area contributed by atoms with Gasteiger partial charge in [0.15, 0.2) is 0 Å². The second-order valence-electron chi connectivity index (χ2n) is 3.89. The van der Waals surface area contributed by atoms with Gasteiger partial charge in [-0.2, -0.15) is 0 Å². The van der Waals surface area contributed by atoms with E-state index in [9.17, 15) is 8.78 Å². The molecule has 0 fully saturated rings. The first-order valence-electron chi connectivity index (χ1n) is 5.40. The van der Waals surface area contributed by atoms with Crippen LogP contribution in [0.5, 0.6) is 0 Å². The van der Waals surface area contributed by atoms with Crippen molar-refractivity contribution in [2.75, 3.05) is 6.54 Å². The van der Waals surface area contributed by atoms with E-state index in [1.807, 2.05) is 30.5 Å². The summed E-state index contributed by atoms with van der Waals surface area (Å²) in [5, 5.41) is 12.9. The van der Waals surface area contributed by atoms with Crippen LogP contribution in [-0.4, -0.2) is 29.2 Å². The predicted molar refractivity (Wildman–Crippen MR) is 62.0 cm³/mol. The molecule has 0 saturated carbocycles. The van der Waals surface area contributed by atoms with Crippen molar-refractivity contribution in [2.24, 2.45) is 0 Å². The van der Waals surface area contributed by atoms with Crippen molar-refractivity contribution in [3.05, 3.63) is 36.0 Å². The number of para-hydroxylation sites is 1. The third kappa shape index (κ3) is 2.81. The SMILES string of the molecule is OC(CNCc1cccc2cc[nH]c12)C(F)F. The standard InChI is InChI=1S/C12H14F2N2O/c13-12(14)10(17)7-15-6-9-3-1-2-8-4-5-16-11(8)9/h1-5,10,12,15-17H,6-7H2. The van der Waals surface area contributed by atoms with Gasteiger partial charge in [-0.3, -0.25) is 0 Å². The van der Waals surface area contributed by atoms with Crippen LogP contribution in [0.15, 0.2) is 30.5 Å². The lowest BCUT2D eigenvalue weighted by Crippen LogP contribution is -2.31. The molecule has 3 nitrogen and oxygen atoms in total. The van der Waals surface area contributed by atoms with Gasteiger partial charge in [-0.15, -0.1) is 0 Å². The van der Waals surface area contributed by atoms with Gasteiger partial charge in [0.25, 0.3) is 6.43 Å². The minimum atomic E-state index is -2.70. The molecule has 2 aromatic rings. The van der Waals surface area contributed by atoms with Crippen LogP contribution >= 0.6 is 0 Å². The molecule has 0 saturated heterocycles. The molecule has 0 spiro atoms. The van der Waals surface area contributed by atoms with Crippen molar-refractivity contribution in [1.29, 1.82) is 0 Å². The molecule has 17 heavy (non-hydrogen) atoms. The number of aromatic nitrogens is 1. The largest absolute Gasteiger partial charge is 0.386 e. The Bertz CT molecular complexity index is 484. The van der Waals surface area contributed by atoms with Gasteiger partial charge in [0.1, 0.15) is 6.10 Å². The van der Waals surface area contributed by atoms with Gasteiger partial charge in [-0.25, -0.2) is 8.78 Å². The number of alkyl halides is 2. The van der Waals surface area contributed by atoms with Gasteiger partial charge in [-0.1, -0.05) is 18.2 Å². The molecule has 2 rings (SSSR count). The van der Waals surface area contributed by atoms with E-state index in [1.165, 1.54) is 0 Å². The molecule has 1 unspecified atom stereocenters. The zero-order valence-corrected chi connectivity index (χ0v) is 9.16. The van der Waals surface area contributed by atoms with E-state index in [-0.39, 0.29) is 6.54 Å². The summed E-state index contributed by atoms with van der Waals surface area (Å²) in [4.78, 5) is 3.10. The van der Waals surface area contributed by atoms with Gasteiger partial charge < -0.3 is 15.4 Å². The number of hydrogen-bond donors (Lipinski definition) is 3. The van der Waals surface area contributed by atoms with Gasteiger partial charge in [0, 0.05) is 24.8 Å². The molecule has 0 radical (unpaired) electrons. The highest BCUT2D eigenvalue weighted by molar-refractivity contribution is 5.82. The lowest BCUT2D eigenvalue weighted by atomic mass is 10.1. The van der Waals surface area contributed by atoms with Gasteiger partial charge in [-0.05, 0) is 17.0 Å². The van der Waals surface area contributed by atoms with Crippen molar-refractivity contribution in [3.63, 3.8) is 0 Å². The molecule has 0 bridgehead atoms. The number of aromatic amines is 1. The van der Waals surface area contributed by atoms with E-state index in [0.29, 0.717) is 6.54 Å². The topological polar surface area (TPSA) is 48.0 Å². The molecule has 92 valence electrons. The average molecular weight is 240 g/mol. The van der Waals surface area contributed by atoms with Crippen molar-refractivity contribution in [2.45, 2.75) is 19.1 Å². The van der Waals surface area contributed by atoms with Crippen LogP contribution in [0.25, 0.3) is 10.9 Å². The zero-order valence-electron chi connectivity index (χ0n) is 9.16. The van der Waals surface area contributed by atoms with E-state index in [1.54, 1.807) is 0 Å². The van der Waals surface area contributed by atoms with Crippen LogP contribution in [0, 0.1) is 0 Å². The third-order valence-corrected chi connectivity index (χ3v) is 2.63. The smallest absolute Gasteiger partial charge is 0.265 e. The zero-order chi connectivity index (χ0) is 12.3. The van der Waals surface area contributed by atoms with Crippen LogP contribution < -0.4 is 5.32 Å². The number of aliphatic hydroxyl groups is 1. The number of nitrogens with one attached hydrogen (secondary N) is 2. The maximum Gasteiger partial charge on any atom is 0.265 e. The molecule has 5 heteroatoms. The molecule has 1 aromatic heterocycles. The second-order valence-corrected chi connectivity index (χ2v) is 3.89. The molecular weight excluding hydrogens is 226 g/mol. The van der Waals surface area contributed by atoms with Crippen LogP contribution in [-0.2, 0) is 6.54 Å². The Kier molecular flexibility index (Phi) is 3.71. The Morgan fingerprint density at radius 1 is 1.29 bits per heavy atom. The Morgan fingerprint density at radius 2 is 2.12 bits per heavy atom. The Morgan fingerprint density at radius 3 is 2.88 bits per heavy atom. The van der Waals surface area contributed by atoms with E-state index >= 15 is 0 Å². The number of halogens is 2. The minimum Gasteiger partial charge on any atom is -0.386 e. The number of H-pyrrole nitrogens is 1. The number of hydrogen-bond acceptors (Lipinski definition) is 2. The minimum absolute atomic E-state index is 0.116. The summed E-state index contributed by atoms with van der Waals surface area (Å²) >= 11 is 0. The first-order valence-corrected chi connectivity index (χ1v) is 5.40. The predicted octanol–water partition coefficient (Wildman–Crippen LogP) is 1.88. The van der Waals surface area contributed by atoms with Crippen molar-refractivity contribution < 1.29 is 13.9 Å². The first-order chi connectivity index (χ1) is 8.18. The molecule has 3 N–H and O–H groups in total. The summed E-state index contributed by atoms with van der Waals surface area (Å²) in [7, 11) is 0. The molecule has 1 aromatic carbocycles. The lowest BCUT2D eigenvalue weighted by molar-refractivity contribution is -0.00339. The third-order valence-electron chi connectivity index (χ3n) is 2.63. The van der Waals surface area contributed by atoms with Gasteiger partial charge in [0.05, 0.1) is 0 Å². The maximum absolute atomic E-state index is 12.1. The van der Waals surface area contributed by atoms with Crippen LogP contribution in [0.3, 0.4) is 0 Å². The summed E-state index contributed by atoms with van der Waals surface area (Å²) in [6, 6.07) is 7.76.